The number of hydrogen-bond donors (Lipinski definition) is 2. The molecule has 0 amide bonds. The lowest BCUT2D eigenvalue weighted by molar-refractivity contribution is -0.137. The number of anilines is 2. The van der Waals surface area contributed by atoms with Gasteiger partial charge in [0.2, 0.25) is 0 Å². The molecular formula is C16H15ClF3N5S. The number of pyridine rings is 2. The third-order valence-corrected chi connectivity index (χ3v) is 4.39. The summed E-state index contributed by atoms with van der Waals surface area (Å²) in [6.45, 7) is 1.15. The number of aromatic nitrogens is 2. The summed E-state index contributed by atoms with van der Waals surface area (Å²) >= 11 is 11.3. The summed E-state index contributed by atoms with van der Waals surface area (Å²) < 4.78 is 38.1. The molecule has 1 fully saturated rings. The van der Waals surface area contributed by atoms with Crippen molar-refractivity contribution in [2.75, 3.05) is 23.3 Å². The second kappa shape index (κ2) is 7.63. The Hall–Kier alpha value is -2.13. The number of hydrogen-bond acceptors (Lipinski definition) is 4. The minimum atomic E-state index is -4.46. The van der Waals surface area contributed by atoms with Crippen LogP contribution in [0.5, 0.6) is 0 Å². The molecule has 2 aromatic rings. The second-order valence-electron chi connectivity index (χ2n) is 5.80. The molecule has 0 bridgehead atoms. The highest BCUT2D eigenvalue weighted by Gasteiger charge is 2.33. The molecule has 1 unspecified atom stereocenters. The summed E-state index contributed by atoms with van der Waals surface area (Å²) in [5, 5.41) is 6.65. The summed E-state index contributed by atoms with van der Waals surface area (Å²) in [5.41, 5.74) is -0.0886. The van der Waals surface area contributed by atoms with Crippen molar-refractivity contribution in [2.45, 2.75) is 18.6 Å². The van der Waals surface area contributed by atoms with Gasteiger partial charge in [-0.05, 0) is 36.8 Å². The van der Waals surface area contributed by atoms with Gasteiger partial charge in [-0.1, -0.05) is 11.6 Å². The summed E-state index contributed by atoms with van der Waals surface area (Å²) in [7, 11) is 0. The highest BCUT2D eigenvalue weighted by atomic mass is 35.5. The van der Waals surface area contributed by atoms with E-state index in [1.165, 1.54) is 0 Å². The van der Waals surface area contributed by atoms with E-state index in [2.05, 4.69) is 20.6 Å². The maximum atomic E-state index is 12.7. The molecule has 5 nitrogen and oxygen atoms in total. The maximum Gasteiger partial charge on any atom is 0.417 e. The average Bonchev–Trinajstić information content (AvgIpc) is 3.02. The van der Waals surface area contributed by atoms with Crippen molar-refractivity contribution in [2.24, 2.45) is 0 Å². The largest absolute Gasteiger partial charge is 0.417 e. The molecular weight excluding hydrogens is 387 g/mol. The Morgan fingerprint density at radius 2 is 2.15 bits per heavy atom. The van der Waals surface area contributed by atoms with E-state index in [4.69, 9.17) is 23.8 Å². The zero-order valence-electron chi connectivity index (χ0n) is 13.4. The first-order valence-corrected chi connectivity index (χ1v) is 8.57. The summed E-state index contributed by atoms with van der Waals surface area (Å²) in [4.78, 5) is 9.73. The summed E-state index contributed by atoms with van der Waals surface area (Å²) in [6, 6.07) is 4.57. The molecule has 26 heavy (non-hydrogen) atoms. The predicted molar refractivity (Wildman–Crippen MR) is 98.5 cm³/mol. The van der Waals surface area contributed by atoms with Gasteiger partial charge in [0, 0.05) is 31.5 Å². The van der Waals surface area contributed by atoms with Gasteiger partial charge >= 0.3 is 6.18 Å². The minimum Gasteiger partial charge on any atom is -0.358 e. The van der Waals surface area contributed by atoms with E-state index in [1.807, 2.05) is 11.0 Å². The van der Waals surface area contributed by atoms with Crippen molar-refractivity contribution in [3.63, 3.8) is 0 Å². The normalized spacial score (nSPS) is 17.2. The van der Waals surface area contributed by atoms with Crippen molar-refractivity contribution in [3.8, 4) is 0 Å². The highest BCUT2D eigenvalue weighted by molar-refractivity contribution is 7.80. The van der Waals surface area contributed by atoms with Crippen LogP contribution in [0.4, 0.5) is 24.7 Å². The molecule has 138 valence electrons. The Balaban J connectivity index is 1.59. The number of rotatable bonds is 3. The fourth-order valence-corrected chi connectivity index (χ4v) is 3.25. The van der Waals surface area contributed by atoms with Crippen LogP contribution in [0, 0.1) is 0 Å². The molecule has 0 radical (unpaired) electrons. The Morgan fingerprint density at radius 1 is 1.35 bits per heavy atom. The Labute approximate surface area is 158 Å². The minimum absolute atomic E-state index is 0.0171. The first-order chi connectivity index (χ1) is 12.3. The van der Waals surface area contributed by atoms with Gasteiger partial charge in [0.25, 0.3) is 0 Å². The zero-order chi connectivity index (χ0) is 18.7. The SMILES string of the molecule is FC(F)(F)c1cnc(N2CCC(NC(=S)Nc3cccnc3)C2)c(Cl)c1. The molecule has 0 spiro atoms. The molecule has 1 saturated heterocycles. The maximum absolute atomic E-state index is 12.7. The molecule has 1 atom stereocenters. The fourth-order valence-electron chi connectivity index (χ4n) is 2.68. The second-order valence-corrected chi connectivity index (χ2v) is 6.61. The van der Waals surface area contributed by atoms with Gasteiger partial charge in [0.1, 0.15) is 5.82 Å². The molecule has 3 rings (SSSR count). The third kappa shape index (κ3) is 4.53. The van der Waals surface area contributed by atoms with E-state index in [1.54, 1.807) is 18.5 Å². The van der Waals surface area contributed by atoms with E-state index in [9.17, 15) is 13.2 Å². The number of nitrogens with one attached hydrogen (secondary N) is 2. The van der Waals surface area contributed by atoms with Crippen LogP contribution in [0.15, 0.2) is 36.8 Å². The van der Waals surface area contributed by atoms with Crippen LogP contribution in [-0.4, -0.2) is 34.2 Å². The van der Waals surface area contributed by atoms with Crippen molar-refractivity contribution in [3.05, 3.63) is 47.4 Å². The molecule has 3 heterocycles. The van der Waals surface area contributed by atoms with Crippen LogP contribution >= 0.6 is 23.8 Å². The highest BCUT2D eigenvalue weighted by Crippen LogP contribution is 2.34. The first kappa shape index (κ1) is 18.7. The lowest BCUT2D eigenvalue weighted by Gasteiger charge is -2.20. The average molecular weight is 402 g/mol. The van der Waals surface area contributed by atoms with Crippen LogP contribution in [0.3, 0.4) is 0 Å². The van der Waals surface area contributed by atoms with Crippen LogP contribution in [0.25, 0.3) is 0 Å². The lowest BCUT2D eigenvalue weighted by Crippen LogP contribution is -2.39. The number of halogens is 4. The standard InChI is InChI=1S/C16H15ClF3N5S/c17-13-6-10(16(18,19)20)7-22-14(13)25-5-3-12(9-25)24-15(26)23-11-2-1-4-21-8-11/h1-2,4,6-8,12H,3,5,9H2,(H2,23,24,26). The van der Waals surface area contributed by atoms with Crippen LogP contribution in [0.2, 0.25) is 5.02 Å². The van der Waals surface area contributed by atoms with Crippen molar-refractivity contribution < 1.29 is 13.2 Å². The molecule has 0 aliphatic carbocycles. The van der Waals surface area contributed by atoms with Gasteiger partial charge in [-0.2, -0.15) is 13.2 Å². The van der Waals surface area contributed by atoms with Crippen LogP contribution < -0.4 is 15.5 Å². The predicted octanol–water partition coefficient (Wildman–Crippen LogP) is 3.71. The van der Waals surface area contributed by atoms with Crippen molar-refractivity contribution in [1.82, 2.24) is 15.3 Å². The number of thiocarbonyl (C=S) groups is 1. The van der Waals surface area contributed by atoms with Gasteiger partial charge in [-0.15, -0.1) is 0 Å². The summed E-state index contributed by atoms with van der Waals surface area (Å²) in [6.07, 6.45) is 0.414. The first-order valence-electron chi connectivity index (χ1n) is 7.78. The van der Waals surface area contributed by atoms with Gasteiger partial charge in [-0.25, -0.2) is 4.98 Å². The van der Waals surface area contributed by atoms with E-state index >= 15 is 0 Å². The number of alkyl halides is 3. The molecule has 2 N–H and O–H groups in total. The fraction of sp³-hybridized carbons (Fsp3) is 0.312. The zero-order valence-corrected chi connectivity index (χ0v) is 15.0. The van der Waals surface area contributed by atoms with E-state index in [-0.39, 0.29) is 11.1 Å². The smallest absolute Gasteiger partial charge is 0.358 e. The molecule has 0 saturated carbocycles. The van der Waals surface area contributed by atoms with Gasteiger partial charge in [0.05, 0.1) is 22.5 Å². The molecule has 2 aromatic heterocycles. The molecule has 0 aromatic carbocycles. The molecule has 10 heteroatoms. The Kier molecular flexibility index (Phi) is 5.47. The van der Waals surface area contributed by atoms with Crippen LogP contribution in [0.1, 0.15) is 12.0 Å². The van der Waals surface area contributed by atoms with Gasteiger partial charge < -0.3 is 15.5 Å². The van der Waals surface area contributed by atoms with Gasteiger partial charge in [0.15, 0.2) is 5.11 Å². The monoisotopic (exact) mass is 401 g/mol. The topological polar surface area (TPSA) is 53.1 Å². The van der Waals surface area contributed by atoms with Crippen LogP contribution in [-0.2, 0) is 6.18 Å². The van der Waals surface area contributed by atoms with E-state index < -0.39 is 11.7 Å². The van der Waals surface area contributed by atoms with E-state index in [0.29, 0.717) is 24.0 Å². The third-order valence-electron chi connectivity index (χ3n) is 3.89. The van der Waals surface area contributed by atoms with Crippen molar-refractivity contribution in [1.29, 1.82) is 0 Å². The Bertz CT molecular complexity index is 787. The lowest BCUT2D eigenvalue weighted by atomic mass is 10.2. The summed E-state index contributed by atoms with van der Waals surface area (Å²) in [5.74, 6) is 0.343. The van der Waals surface area contributed by atoms with Crippen molar-refractivity contribution >= 4 is 40.4 Å². The van der Waals surface area contributed by atoms with Gasteiger partial charge in [-0.3, -0.25) is 4.98 Å². The number of nitrogens with zero attached hydrogens (tertiary/aromatic N) is 3. The molecule has 1 aliphatic rings. The Morgan fingerprint density at radius 3 is 2.81 bits per heavy atom. The quantitative estimate of drug-likeness (QED) is 0.765. The molecule has 1 aliphatic heterocycles. The van der Waals surface area contributed by atoms with E-state index in [0.717, 1.165) is 24.4 Å².